The largest absolute Gasteiger partial charge is 0.424 e. The van der Waals surface area contributed by atoms with Crippen molar-refractivity contribution in [3.8, 4) is 0 Å². The van der Waals surface area contributed by atoms with E-state index in [1.807, 2.05) is 6.92 Å². The lowest BCUT2D eigenvalue weighted by atomic mass is 10.7. The number of nitrogens with zero attached hydrogens (tertiary/aromatic N) is 2. The van der Waals surface area contributed by atoms with Gasteiger partial charge in [-0.3, -0.25) is 0 Å². The maximum absolute atomic E-state index is 9.04. The van der Waals surface area contributed by atoms with E-state index in [9.17, 15) is 0 Å². The van der Waals surface area contributed by atoms with Gasteiger partial charge in [0.25, 0.3) is 0 Å². The lowest BCUT2D eigenvalue weighted by Gasteiger charge is -2.00. The summed E-state index contributed by atoms with van der Waals surface area (Å²) >= 11 is 0. The molecule has 1 rings (SSSR count). The Hall–Kier alpha value is -1.39. The standard InChI is InChI=1S/C5H10N4O/c1-2-7-5-8-3-4(6)9(5)10/h3,10H,2,6H2,1H3,(H,7,8). The van der Waals surface area contributed by atoms with Gasteiger partial charge in [-0.05, 0) is 6.92 Å². The van der Waals surface area contributed by atoms with Crippen LogP contribution in [-0.4, -0.2) is 21.5 Å². The molecule has 0 fully saturated rings. The lowest BCUT2D eigenvalue weighted by molar-refractivity contribution is 0.197. The molecule has 0 aliphatic carbocycles. The Morgan fingerprint density at radius 3 is 3.00 bits per heavy atom. The zero-order valence-electron chi connectivity index (χ0n) is 5.70. The van der Waals surface area contributed by atoms with E-state index in [4.69, 9.17) is 10.9 Å². The van der Waals surface area contributed by atoms with Crippen molar-refractivity contribution in [2.75, 3.05) is 17.6 Å². The number of imidazole rings is 1. The molecule has 1 aromatic heterocycles. The van der Waals surface area contributed by atoms with Crippen molar-refractivity contribution in [2.24, 2.45) is 0 Å². The third-order valence-electron chi connectivity index (χ3n) is 1.10. The van der Waals surface area contributed by atoms with E-state index in [0.29, 0.717) is 12.5 Å². The molecule has 0 saturated carbocycles. The van der Waals surface area contributed by atoms with Gasteiger partial charge in [-0.25, -0.2) is 4.98 Å². The smallest absolute Gasteiger partial charge is 0.238 e. The Balaban J connectivity index is 2.83. The fraction of sp³-hybridized carbons (Fsp3) is 0.400. The van der Waals surface area contributed by atoms with E-state index in [1.165, 1.54) is 6.20 Å². The summed E-state index contributed by atoms with van der Waals surface area (Å²) in [5, 5.41) is 11.9. The van der Waals surface area contributed by atoms with E-state index in [0.717, 1.165) is 4.73 Å². The molecule has 0 amide bonds. The Morgan fingerprint density at radius 2 is 2.60 bits per heavy atom. The molecule has 0 aliphatic heterocycles. The Bertz CT molecular complexity index is 219. The van der Waals surface area contributed by atoms with Crippen LogP contribution in [0.4, 0.5) is 11.8 Å². The van der Waals surface area contributed by atoms with E-state index in [-0.39, 0.29) is 5.82 Å². The van der Waals surface area contributed by atoms with Gasteiger partial charge in [0, 0.05) is 6.54 Å². The zero-order chi connectivity index (χ0) is 7.56. The third-order valence-corrected chi connectivity index (χ3v) is 1.10. The third kappa shape index (κ3) is 0.975. The van der Waals surface area contributed by atoms with Gasteiger partial charge in [0.05, 0.1) is 6.20 Å². The molecule has 1 aromatic rings. The summed E-state index contributed by atoms with van der Waals surface area (Å²) < 4.78 is 0.809. The molecule has 0 aromatic carbocycles. The van der Waals surface area contributed by atoms with E-state index >= 15 is 0 Å². The molecule has 0 aliphatic rings. The zero-order valence-corrected chi connectivity index (χ0v) is 5.70. The molecule has 0 bridgehead atoms. The predicted octanol–water partition coefficient (Wildman–Crippen LogP) is 0.134. The van der Waals surface area contributed by atoms with Gasteiger partial charge in [0.1, 0.15) is 0 Å². The van der Waals surface area contributed by atoms with Crippen molar-refractivity contribution in [1.82, 2.24) is 9.71 Å². The predicted molar refractivity (Wildman–Crippen MR) is 38.0 cm³/mol. The number of nitrogens with two attached hydrogens (primary N) is 1. The average Bonchev–Trinajstić information content (AvgIpc) is 2.20. The second-order valence-electron chi connectivity index (χ2n) is 1.85. The molecule has 0 atom stereocenters. The Morgan fingerprint density at radius 1 is 1.90 bits per heavy atom. The van der Waals surface area contributed by atoms with Crippen LogP contribution in [-0.2, 0) is 0 Å². The first kappa shape index (κ1) is 6.73. The van der Waals surface area contributed by atoms with Gasteiger partial charge in [0.2, 0.25) is 5.95 Å². The molecular formula is C5H10N4O. The van der Waals surface area contributed by atoms with Gasteiger partial charge >= 0.3 is 0 Å². The minimum atomic E-state index is 0.232. The number of hydrogen-bond donors (Lipinski definition) is 3. The Kier molecular flexibility index (Phi) is 1.66. The molecule has 0 saturated heterocycles. The molecular weight excluding hydrogens is 132 g/mol. The molecule has 0 radical (unpaired) electrons. The SMILES string of the molecule is CCNc1ncc(N)n1O. The summed E-state index contributed by atoms with van der Waals surface area (Å²) in [7, 11) is 0. The van der Waals surface area contributed by atoms with Crippen molar-refractivity contribution in [1.29, 1.82) is 0 Å². The highest BCUT2D eigenvalue weighted by molar-refractivity contribution is 5.38. The highest BCUT2D eigenvalue weighted by atomic mass is 16.5. The first-order valence-corrected chi connectivity index (χ1v) is 3.02. The Labute approximate surface area is 58.4 Å². The fourth-order valence-electron chi connectivity index (χ4n) is 0.638. The highest BCUT2D eigenvalue weighted by Gasteiger charge is 2.02. The normalized spacial score (nSPS) is 9.70. The average molecular weight is 142 g/mol. The molecule has 1 heterocycles. The van der Waals surface area contributed by atoms with Crippen molar-refractivity contribution in [2.45, 2.75) is 6.92 Å². The van der Waals surface area contributed by atoms with Crippen LogP contribution in [0.1, 0.15) is 6.92 Å². The van der Waals surface area contributed by atoms with Crippen molar-refractivity contribution >= 4 is 11.8 Å². The highest BCUT2D eigenvalue weighted by Crippen LogP contribution is 2.07. The summed E-state index contributed by atoms with van der Waals surface area (Å²) in [6.45, 7) is 2.61. The van der Waals surface area contributed by atoms with Gasteiger partial charge in [-0.2, -0.15) is 0 Å². The summed E-state index contributed by atoms with van der Waals surface area (Å²) in [6, 6.07) is 0. The number of hydrogen-bond acceptors (Lipinski definition) is 4. The summed E-state index contributed by atoms with van der Waals surface area (Å²) in [5.41, 5.74) is 5.28. The number of anilines is 2. The van der Waals surface area contributed by atoms with Crippen LogP contribution in [0.15, 0.2) is 6.20 Å². The number of rotatable bonds is 2. The summed E-state index contributed by atoms with van der Waals surface area (Å²) in [6.07, 6.45) is 1.39. The van der Waals surface area contributed by atoms with Crippen molar-refractivity contribution < 1.29 is 5.21 Å². The van der Waals surface area contributed by atoms with Gasteiger partial charge < -0.3 is 16.3 Å². The first-order valence-electron chi connectivity index (χ1n) is 3.02. The van der Waals surface area contributed by atoms with Crippen LogP contribution in [0.2, 0.25) is 0 Å². The maximum Gasteiger partial charge on any atom is 0.238 e. The van der Waals surface area contributed by atoms with Crippen molar-refractivity contribution in [3.63, 3.8) is 0 Å². The van der Waals surface area contributed by atoms with Gasteiger partial charge in [-0.1, -0.05) is 0 Å². The molecule has 0 unspecified atom stereocenters. The number of nitrogen functional groups attached to an aromatic ring is 1. The second-order valence-corrected chi connectivity index (χ2v) is 1.85. The lowest BCUT2D eigenvalue weighted by Crippen LogP contribution is -2.05. The van der Waals surface area contributed by atoms with Crippen LogP contribution in [0.5, 0.6) is 0 Å². The van der Waals surface area contributed by atoms with Crippen LogP contribution in [0, 0.1) is 0 Å². The van der Waals surface area contributed by atoms with Crippen LogP contribution in [0.3, 0.4) is 0 Å². The monoisotopic (exact) mass is 142 g/mol. The summed E-state index contributed by atoms with van der Waals surface area (Å²) in [5.74, 6) is 0.607. The van der Waals surface area contributed by atoms with Gasteiger partial charge in [0.15, 0.2) is 5.82 Å². The van der Waals surface area contributed by atoms with Crippen LogP contribution < -0.4 is 11.1 Å². The van der Waals surface area contributed by atoms with E-state index in [1.54, 1.807) is 0 Å². The van der Waals surface area contributed by atoms with Crippen molar-refractivity contribution in [3.05, 3.63) is 6.20 Å². The molecule has 0 spiro atoms. The number of nitrogens with one attached hydrogen (secondary N) is 1. The van der Waals surface area contributed by atoms with Crippen LogP contribution >= 0.6 is 0 Å². The second kappa shape index (κ2) is 2.47. The summed E-state index contributed by atoms with van der Waals surface area (Å²) in [4.78, 5) is 3.78. The molecule has 4 N–H and O–H groups in total. The van der Waals surface area contributed by atoms with E-state index in [2.05, 4.69) is 10.3 Å². The maximum atomic E-state index is 9.04. The van der Waals surface area contributed by atoms with Gasteiger partial charge in [-0.15, -0.1) is 4.73 Å². The topological polar surface area (TPSA) is 76.1 Å². The quantitative estimate of drug-likeness (QED) is 0.513. The molecule has 5 heteroatoms. The van der Waals surface area contributed by atoms with Crippen LogP contribution in [0.25, 0.3) is 0 Å². The minimum Gasteiger partial charge on any atom is -0.424 e. The molecule has 56 valence electrons. The first-order chi connectivity index (χ1) is 4.75. The van der Waals surface area contributed by atoms with E-state index < -0.39 is 0 Å². The number of aromatic nitrogens is 2. The molecule has 10 heavy (non-hydrogen) atoms. The fourth-order valence-corrected chi connectivity index (χ4v) is 0.638. The molecule has 5 nitrogen and oxygen atoms in total. The minimum absolute atomic E-state index is 0.232.